The van der Waals surface area contributed by atoms with Gasteiger partial charge >= 0.3 is 5.97 Å². The lowest BCUT2D eigenvalue weighted by Gasteiger charge is -2.37. The molecule has 0 saturated heterocycles. The van der Waals surface area contributed by atoms with Gasteiger partial charge in [0.25, 0.3) is 0 Å². The van der Waals surface area contributed by atoms with Crippen LogP contribution in [0.5, 0.6) is 5.75 Å². The number of carboxylic acid groups (broad SMARTS) is 1. The summed E-state index contributed by atoms with van der Waals surface area (Å²) in [4.78, 5) is 11.3. The van der Waals surface area contributed by atoms with Crippen LogP contribution in [0.2, 0.25) is 0 Å². The van der Waals surface area contributed by atoms with Crippen LogP contribution in [0.15, 0.2) is 42.5 Å². The first-order chi connectivity index (χ1) is 10.5. The minimum atomic E-state index is -1.01. The summed E-state index contributed by atoms with van der Waals surface area (Å²) in [5.41, 5.74) is 1.96. The summed E-state index contributed by atoms with van der Waals surface area (Å²) in [6.45, 7) is 0. The quantitative estimate of drug-likeness (QED) is 0.907. The SMILES string of the molecule is COc1c(C(=O)O)cccc1-c1ccc(C2(O)CCC2)cc1. The first kappa shape index (κ1) is 14.6. The molecule has 1 saturated carbocycles. The highest BCUT2D eigenvalue weighted by atomic mass is 16.5. The Morgan fingerprint density at radius 1 is 1.14 bits per heavy atom. The smallest absolute Gasteiger partial charge is 0.339 e. The van der Waals surface area contributed by atoms with Crippen LogP contribution in [0.1, 0.15) is 35.2 Å². The maximum atomic E-state index is 11.3. The average molecular weight is 298 g/mol. The fourth-order valence-corrected chi connectivity index (χ4v) is 2.91. The molecule has 0 unspecified atom stereocenters. The van der Waals surface area contributed by atoms with Gasteiger partial charge in [-0.15, -0.1) is 0 Å². The van der Waals surface area contributed by atoms with Crippen LogP contribution in [-0.4, -0.2) is 23.3 Å². The number of benzene rings is 2. The van der Waals surface area contributed by atoms with E-state index in [0.717, 1.165) is 36.0 Å². The Balaban J connectivity index is 2.01. The van der Waals surface area contributed by atoms with E-state index in [-0.39, 0.29) is 5.56 Å². The molecule has 0 atom stereocenters. The Morgan fingerprint density at radius 3 is 2.32 bits per heavy atom. The molecule has 4 nitrogen and oxygen atoms in total. The summed E-state index contributed by atoms with van der Waals surface area (Å²) in [5.74, 6) is -0.663. The van der Waals surface area contributed by atoms with Crippen molar-refractivity contribution in [1.29, 1.82) is 0 Å². The number of para-hydroxylation sites is 1. The second-order valence-corrected chi connectivity index (χ2v) is 5.65. The predicted octanol–water partition coefficient (Wildman–Crippen LogP) is 3.43. The number of carboxylic acids is 1. The van der Waals surface area contributed by atoms with E-state index < -0.39 is 11.6 Å². The van der Waals surface area contributed by atoms with Crippen molar-refractivity contribution in [3.05, 3.63) is 53.6 Å². The zero-order chi connectivity index (χ0) is 15.7. The summed E-state index contributed by atoms with van der Waals surface area (Å²) in [6.07, 6.45) is 2.64. The molecule has 4 heteroatoms. The van der Waals surface area contributed by atoms with Gasteiger partial charge in [0.1, 0.15) is 11.3 Å². The molecule has 114 valence electrons. The van der Waals surface area contributed by atoms with Gasteiger partial charge in [0.05, 0.1) is 12.7 Å². The standard InChI is InChI=1S/C18H18O4/c1-22-16-14(4-2-5-15(16)17(19)20)12-6-8-13(9-7-12)18(21)10-3-11-18/h2,4-9,21H,3,10-11H2,1H3,(H,19,20). The van der Waals surface area contributed by atoms with Crippen LogP contribution in [0.4, 0.5) is 0 Å². The van der Waals surface area contributed by atoms with E-state index in [1.54, 1.807) is 6.07 Å². The lowest BCUT2D eigenvalue weighted by atomic mass is 9.75. The van der Waals surface area contributed by atoms with Crippen molar-refractivity contribution in [3.63, 3.8) is 0 Å². The van der Waals surface area contributed by atoms with Crippen LogP contribution < -0.4 is 4.74 Å². The van der Waals surface area contributed by atoms with E-state index in [1.165, 1.54) is 13.2 Å². The summed E-state index contributed by atoms with van der Waals surface area (Å²) in [6, 6.07) is 12.7. The monoisotopic (exact) mass is 298 g/mol. The number of aromatic carboxylic acids is 1. The highest BCUT2D eigenvalue weighted by Crippen LogP contribution is 2.42. The molecule has 22 heavy (non-hydrogen) atoms. The third-order valence-electron chi connectivity index (χ3n) is 4.36. The van der Waals surface area contributed by atoms with Gasteiger partial charge < -0.3 is 14.9 Å². The molecule has 1 fully saturated rings. The molecule has 3 rings (SSSR count). The number of hydrogen-bond acceptors (Lipinski definition) is 3. The Bertz CT molecular complexity index is 700. The summed E-state index contributed by atoms with van der Waals surface area (Å²) in [7, 11) is 1.47. The zero-order valence-corrected chi connectivity index (χ0v) is 12.4. The third kappa shape index (κ3) is 2.35. The summed E-state index contributed by atoms with van der Waals surface area (Å²) in [5, 5.41) is 19.6. The van der Waals surface area contributed by atoms with Gasteiger partial charge in [0, 0.05) is 5.56 Å². The van der Waals surface area contributed by atoms with Crippen molar-refractivity contribution in [2.75, 3.05) is 7.11 Å². The van der Waals surface area contributed by atoms with E-state index >= 15 is 0 Å². The molecule has 2 N–H and O–H groups in total. The Hall–Kier alpha value is -2.33. The largest absolute Gasteiger partial charge is 0.495 e. The molecule has 2 aromatic rings. The van der Waals surface area contributed by atoms with E-state index in [1.807, 2.05) is 30.3 Å². The van der Waals surface area contributed by atoms with Gasteiger partial charge in [-0.25, -0.2) is 4.79 Å². The summed E-state index contributed by atoms with van der Waals surface area (Å²) < 4.78 is 5.29. The number of methoxy groups -OCH3 is 1. The molecule has 1 aliphatic carbocycles. The molecule has 0 amide bonds. The fourth-order valence-electron chi connectivity index (χ4n) is 2.91. The number of rotatable bonds is 4. The molecular weight excluding hydrogens is 280 g/mol. The molecule has 0 aliphatic heterocycles. The van der Waals surface area contributed by atoms with Crippen LogP contribution in [0.25, 0.3) is 11.1 Å². The number of aliphatic hydroxyl groups is 1. The van der Waals surface area contributed by atoms with Crippen molar-refractivity contribution in [1.82, 2.24) is 0 Å². The van der Waals surface area contributed by atoms with Gasteiger partial charge in [0.15, 0.2) is 0 Å². The average Bonchev–Trinajstić information content (AvgIpc) is 2.51. The van der Waals surface area contributed by atoms with Crippen molar-refractivity contribution in [2.45, 2.75) is 24.9 Å². The summed E-state index contributed by atoms with van der Waals surface area (Å²) >= 11 is 0. The normalized spacial score (nSPS) is 15.9. The van der Waals surface area contributed by atoms with Crippen LogP contribution in [-0.2, 0) is 5.60 Å². The van der Waals surface area contributed by atoms with E-state index in [0.29, 0.717) is 5.75 Å². The Labute approximate surface area is 129 Å². The second-order valence-electron chi connectivity index (χ2n) is 5.65. The van der Waals surface area contributed by atoms with Gasteiger partial charge in [-0.2, -0.15) is 0 Å². The van der Waals surface area contributed by atoms with Gasteiger partial charge in [-0.05, 0) is 36.5 Å². The van der Waals surface area contributed by atoms with E-state index in [2.05, 4.69) is 0 Å². The molecule has 0 aromatic heterocycles. The zero-order valence-electron chi connectivity index (χ0n) is 12.4. The molecule has 2 aromatic carbocycles. The highest BCUT2D eigenvalue weighted by molar-refractivity contribution is 5.94. The number of hydrogen-bond donors (Lipinski definition) is 2. The van der Waals surface area contributed by atoms with Crippen molar-refractivity contribution >= 4 is 5.97 Å². The molecule has 0 radical (unpaired) electrons. The fraction of sp³-hybridized carbons (Fsp3) is 0.278. The second kappa shape index (κ2) is 5.46. The van der Waals surface area contributed by atoms with E-state index in [4.69, 9.17) is 4.74 Å². The predicted molar refractivity (Wildman–Crippen MR) is 83.1 cm³/mol. The van der Waals surface area contributed by atoms with Gasteiger partial charge in [0.2, 0.25) is 0 Å². The van der Waals surface area contributed by atoms with Crippen LogP contribution in [0.3, 0.4) is 0 Å². The van der Waals surface area contributed by atoms with Crippen LogP contribution in [0, 0.1) is 0 Å². The topological polar surface area (TPSA) is 66.8 Å². The van der Waals surface area contributed by atoms with Gasteiger partial charge in [-0.3, -0.25) is 0 Å². The number of carbonyl (C=O) groups is 1. The molecule has 0 heterocycles. The minimum absolute atomic E-state index is 0.140. The van der Waals surface area contributed by atoms with Crippen molar-refractivity contribution < 1.29 is 19.7 Å². The highest BCUT2D eigenvalue weighted by Gasteiger charge is 2.35. The molecule has 0 bridgehead atoms. The molecular formula is C18H18O4. The van der Waals surface area contributed by atoms with Crippen molar-refractivity contribution in [3.8, 4) is 16.9 Å². The molecule has 1 aliphatic rings. The first-order valence-corrected chi connectivity index (χ1v) is 7.29. The Morgan fingerprint density at radius 2 is 1.82 bits per heavy atom. The first-order valence-electron chi connectivity index (χ1n) is 7.29. The van der Waals surface area contributed by atoms with Crippen LogP contribution >= 0.6 is 0 Å². The number of ether oxygens (including phenoxy) is 1. The maximum Gasteiger partial charge on any atom is 0.339 e. The third-order valence-corrected chi connectivity index (χ3v) is 4.36. The van der Waals surface area contributed by atoms with Gasteiger partial charge in [-0.1, -0.05) is 36.4 Å². The Kier molecular flexibility index (Phi) is 3.62. The maximum absolute atomic E-state index is 11.3. The minimum Gasteiger partial charge on any atom is -0.495 e. The van der Waals surface area contributed by atoms with Crippen molar-refractivity contribution in [2.24, 2.45) is 0 Å². The lowest BCUT2D eigenvalue weighted by Crippen LogP contribution is -2.33. The molecule has 0 spiro atoms. The van der Waals surface area contributed by atoms with E-state index in [9.17, 15) is 15.0 Å². The lowest BCUT2D eigenvalue weighted by molar-refractivity contribution is -0.0387.